The molecule has 1 aromatic carbocycles. The molecule has 0 aliphatic heterocycles. The largest absolute Gasteiger partial charge is 0.496 e. The Labute approximate surface area is 156 Å². The van der Waals surface area contributed by atoms with Crippen LogP contribution < -0.4 is 14.8 Å². The molecule has 0 bridgehead atoms. The van der Waals surface area contributed by atoms with Crippen LogP contribution in [0.3, 0.4) is 0 Å². The molecule has 1 aromatic rings. The summed E-state index contributed by atoms with van der Waals surface area (Å²) in [6, 6.07) is 3.33. The minimum Gasteiger partial charge on any atom is -0.496 e. The third-order valence-electron chi connectivity index (χ3n) is 4.92. The Bertz CT molecular complexity index is 725. The smallest absolute Gasteiger partial charge is 0.240 e. The first-order valence-electron chi connectivity index (χ1n) is 9.25. The maximum Gasteiger partial charge on any atom is 0.240 e. The molecule has 0 unspecified atom stereocenters. The molecule has 0 saturated heterocycles. The quantitative estimate of drug-likeness (QED) is 0.677. The number of hydrogen-bond donors (Lipinski definition) is 2. The lowest BCUT2D eigenvalue weighted by Gasteiger charge is -2.20. The van der Waals surface area contributed by atoms with Crippen LogP contribution in [0.1, 0.15) is 49.7 Å². The summed E-state index contributed by atoms with van der Waals surface area (Å²) >= 11 is 0. The first kappa shape index (κ1) is 20.7. The van der Waals surface area contributed by atoms with Gasteiger partial charge in [0.2, 0.25) is 15.9 Å². The van der Waals surface area contributed by atoms with Gasteiger partial charge in [0, 0.05) is 19.5 Å². The van der Waals surface area contributed by atoms with Crippen LogP contribution in [-0.4, -0.2) is 34.5 Å². The third kappa shape index (κ3) is 5.71. The van der Waals surface area contributed by atoms with Gasteiger partial charge < -0.3 is 10.1 Å². The predicted molar refractivity (Wildman–Crippen MR) is 102 cm³/mol. The van der Waals surface area contributed by atoms with Crippen LogP contribution in [0, 0.1) is 19.8 Å². The number of carbonyl (C=O) groups excluding carboxylic acids is 1. The molecule has 26 heavy (non-hydrogen) atoms. The van der Waals surface area contributed by atoms with Gasteiger partial charge in [-0.15, -0.1) is 0 Å². The second-order valence-corrected chi connectivity index (χ2v) is 8.78. The third-order valence-corrected chi connectivity index (χ3v) is 6.52. The maximum atomic E-state index is 12.5. The molecule has 146 valence electrons. The van der Waals surface area contributed by atoms with E-state index in [1.807, 2.05) is 6.92 Å². The van der Waals surface area contributed by atoms with Crippen molar-refractivity contribution in [2.24, 2.45) is 5.92 Å². The Morgan fingerprint density at radius 3 is 2.46 bits per heavy atom. The van der Waals surface area contributed by atoms with Gasteiger partial charge in [-0.2, -0.15) is 0 Å². The van der Waals surface area contributed by atoms with Gasteiger partial charge in [0.1, 0.15) is 5.75 Å². The monoisotopic (exact) mass is 382 g/mol. The fourth-order valence-corrected chi connectivity index (χ4v) is 4.80. The van der Waals surface area contributed by atoms with Crippen molar-refractivity contribution in [1.82, 2.24) is 10.0 Å². The topological polar surface area (TPSA) is 84.5 Å². The number of carbonyl (C=O) groups is 1. The average molecular weight is 383 g/mol. The van der Waals surface area contributed by atoms with E-state index in [-0.39, 0.29) is 17.3 Å². The van der Waals surface area contributed by atoms with E-state index in [0.29, 0.717) is 30.2 Å². The average Bonchev–Trinajstić information content (AvgIpc) is 2.61. The highest BCUT2D eigenvalue weighted by atomic mass is 32.2. The van der Waals surface area contributed by atoms with Gasteiger partial charge in [0.05, 0.1) is 12.0 Å². The first-order chi connectivity index (χ1) is 12.3. The number of nitrogens with one attached hydrogen (secondary N) is 2. The van der Waals surface area contributed by atoms with Crippen LogP contribution in [0.25, 0.3) is 0 Å². The van der Waals surface area contributed by atoms with Crippen molar-refractivity contribution in [2.45, 2.75) is 57.3 Å². The number of hydrogen-bond acceptors (Lipinski definition) is 4. The summed E-state index contributed by atoms with van der Waals surface area (Å²) in [7, 11) is -2.06. The summed E-state index contributed by atoms with van der Waals surface area (Å²) in [4.78, 5) is 12.2. The molecule has 0 spiro atoms. The molecule has 6 nitrogen and oxygen atoms in total. The molecule has 1 aliphatic rings. The molecule has 7 heteroatoms. The summed E-state index contributed by atoms with van der Waals surface area (Å²) < 4.78 is 32.8. The molecule has 0 aromatic heterocycles. The van der Waals surface area contributed by atoms with Crippen LogP contribution in [0.4, 0.5) is 0 Å². The number of benzene rings is 1. The molecule has 1 aliphatic carbocycles. The highest BCUT2D eigenvalue weighted by Crippen LogP contribution is 2.26. The normalized spacial score (nSPS) is 15.7. The molecule has 0 heterocycles. The molecule has 1 saturated carbocycles. The van der Waals surface area contributed by atoms with E-state index in [0.717, 1.165) is 18.4 Å². The van der Waals surface area contributed by atoms with Crippen LogP contribution in [-0.2, 0) is 14.8 Å². The van der Waals surface area contributed by atoms with Gasteiger partial charge in [-0.1, -0.05) is 19.3 Å². The number of aryl methyl sites for hydroxylation is 2. The Morgan fingerprint density at radius 2 is 1.81 bits per heavy atom. The predicted octanol–water partition coefficient (Wildman–Crippen LogP) is 2.68. The van der Waals surface area contributed by atoms with Crippen molar-refractivity contribution in [2.75, 3.05) is 20.2 Å². The van der Waals surface area contributed by atoms with Crippen molar-refractivity contribution in [1.29, 1.82) is 0 Å². The number of sulfonamides is 1. The fraction of sp³-hybridized carbons (Fsp3) is 0.632. The fourth-order valence-electron chi connectivity index (χ4n) is 3.46. The number of ether oxygens (including phenoxy) is 1. The van der Waals surface area contributed by atoms with Crippen LogP contribution in [0.5, 0.6) is 5.75 Å². The van der Waals surface area contributed by atoms with E-state index in [1.54, 1.807) is 26.2 Å². The molecule has 0 atom stereocenters. The van der Waals surface area contributed by atoms with Gasteiger partial charge in [0.15, 0.2) is 0 Å². The highest BCUT2D eigenvalue weighted by molar-refractivity contribution is 7.89. The molecule has 0 radical (unpaired) electrons. The Kier molecular flexibility index (Phi) is 7.46. The zero-order valence-electron chi connectivity index (χ0n) is 15.9. The van der Waals surface area contributed by atoms with Gasteiger partial charge in [-0.05, 0) is 55.9 Å². The Morgan fingerprint density at radius 1 is 1.12 bits per heavy atom. The van der Waals surface area contributed by atoms with E-state index in [9.17, 15) is 13.2 Å². The van der Waals surface area contributed by atoms with E-state index in [4.69, 9.17) is 4.74 Å². The molecular weight excluding hydrogens is 352 g/mol. The highest BCUT2D eigenvalue weighted by Gasteiger charge is 2.19. The summed E-state index contributed by atoms with van der Waals surface area (Å²) in [5, 5.41) is 2.81. The molecule has 2 N–H and O–H groups in total. The lowest BCUT2D eigenvalue weighted by Crippen LogP contribution is -2.35. The zero-order valence-corrected chi connectivity index (χ0v) is 16.7. The number of amides is 1. The van der Waals surface area contributed by atoms with E-state index < -0.39 is 10.0 Å². The second kappa shape index (κ2) is 9.37. The summed E-state index contributed by atoms with van der Waals surface area (Å²) in [6.07, 6.45) is 6.47. The van der Waals surface area contributed by atoms with Gasteiger partial charge >= 0.3 is 0 Å². The molecule has 1 amide bonds. The lowest BCUT2D eigenvalue weighted by atomic mass is 9.87. The van der Waals surface area contributed by atoms with E-state index >= 15 is 0 Å². The Hall–Kier alpha value is -1.60. The van der Waals surface area contributed by atoms with Gasteiger partial charge in [-0.25, -0.2) is 13.1 Å². The summed E-state index contributed by atoms with van der Waals surface area (Å²) in [5.41, 5.74) is 1.39. The van der Waals surface area contributed by atoms with Crippen molar-refractivity contribution in [3.8, 4) is 5.75 Å². The molecular formula is C19H30N2O4S. The minimum atomic E-state index is -3.62. The number of rotatable bonds is 8. The van der Waals surface area contributed by atoms with Crippen molar-refractivity contribution in [3.05, 3.63) is 23.3 Å². The molecule has 1 fully saturated rings. The van der Waals surface area contributed by atoms with E-state index in [1.165, 1.54) is 19.3 Å². The van der Waals surface area contributed by atoms with E-state index in [2.05, 4.69) is 10.0 Å². The molecule has 2 rings (SSSR count). The zero-order chi connectivity index (χ0) is 19.2. The second-order valence-electron chi connectivity index (χ2n) is 7.04. The minimum absolute atomic E-state index is 0.00701. The van der Waals surface area contributed by atoms with Crippen molar-refractivity contribution < 1.29 is 17.9 Å². The van der Waals surface area contributed by atoms with Crippen LogP contribution in [0.2, 0.25) is 0 Å². The summed E-state index contributed by atoms with van der Waals surface area (Å²) in [6.45, 7) is 4.01. The summed E-state index contributed by atoms with van der Waals surface area (Å²) in [5.74, 6) is 1.15. The van der Waals surface area contributed by atoms with Crippen LogP contribution >= 0.6 is 0 Å². The van der Waals surface area contributed by atoms with Crippen molar-refractivity contribution >= 4 is 15.9 Å². The van der Waals surface area contributed by atoms with Crippen molar-refractivity contribution in [3.63, 3.8) is 0 Å². The standard InChI is InChI=1S/C19H30N2O4S/c1-14-12-18(15(2)11-17(14)25-3)26(23,24)21-10-9-20-19(22)13-16-7-5-4-6-8-16/h11-12,16,21H,4-10,13H2,1-3H3,(H,20,22). The van der Waals surface area contributed by atoms with Gasteiger partial charge in [0.25, 0.3) is 0 Å². The SMILES string of the molecule is COc1cc(C)c(S(=O)(=O)NCCNC(=O)CC2CCCCC2)cc1C. The van der Waals surface area contributed by atoms with Gasteiger partial charge in [-0.3, -0.25) is 4.79 Å². The lowest BCUT2D eigenvalue weighted by molar-refractivity contribution is -0.122. The van der Waals surface area contributed by atoms with Crippen LogP contribution in [0.15, 0.2) is 17.0 Å². The Balaban J connectivity index is 1.82. The number of methoxy groups -OCH3 is 1. The first-order valence-corrected chi connectivity index (χ1v) is 10.7. The maximum absolute atomic E-state index is 12.5.